The molecule has 3 nitrogen and oxygen atoms in total. The first-order valence-electron chi connectivity index (χ1n) is 7.63. The largest absolute Gasteiger partial charge is 0.272 e. The third kappa shape index (κ3) is 3.18. The molecule has 0 saturated carbocycles. The quantitative estimate of drug-likeness (QED) is 0.685. The van der Waals surface area contributed by atoms with Crippen LogP contribution in [0.4, 0.5) is 0 Å². The maximum absolute atomic E-state index is 11.3. The standard InChI is InChI=1S/C19H14N2OS2/c22-15-12-23-16(20-15)11-17-21-18(13-7-3-1-4-8-13)19(24-17)14-9-5-2-6-10-14/h1-10H,11-12H2. The van der Waals surface area contributed by atoms with Gasteiger partial charge in [-0.2, -0.15) is 0 Å². The normalized spacial score (nSPS) is 14.0. The van der Waals surface area contributed by atoms with Crippen molar-refractivity contribution in [2.75, 3.05) is 5.75 Å². The smallest absolute Gasteiger partial charge is 0.256 e. The fourth-order valence-electron chi connectivity index (χ4n) is 2.59. The molecule has 0 spiro atoms. The maximum atomic E-state index is 11.3. The molecule has 0 N–H and O–H groups in total. The summed E-state index contributed by atoms with van der Waals surface area (Å²) in [6.45, 7) is 0. The minimum absolute atomic E-state index is 0.0434. The van der Waals surface area contributed by atoms with E-state index in [9.17, 15) is 4.79 Å². The molecule has 2 heterocycles. The zero-order valence-corrected chi connectivity index (χ0v) is 14.4. The van der Waals surface area contributed by atoms with E-state index in [1.165, 1.54) is 11.8 Å². The molecule has 118 valence electrons. The van der Waals surface area contributed by atoms with Crippen molar-refractivity contribution in [2.24, 2.45) is 4.99 Å². The third-order valence-electron chi connectivity index (χ3n) is 3.67. The molecule has 0 atom stereocenters. The fourth-order valence-corrected chi connectivity index (χ4v) is 4.53. The highest BCUT2D eigenvalue weighted by Gasteiger charge is 2.19. The molecule has 0 unspecified atom stereocenters. The topological polar surface area (TPSA) is 42.3 Å². The third-order valence-corrected chi connectivity index (χ3v) is 5.73. The van der Waals surface area contributed by atoms with E-state index in [4.69, 9.17) is 4.98 Å². The van der Waals surface area contributed by atoms with E-state index in [1.807, 2.05) is 36.4 Å². The molecule has 3 aromatic rings. The van der Waals surface area contributed by atoms with Crippen molar-refractivity contribution < 1.29 is 4.79 Å². The van der Waals surface area contributed by atoms with Crippen LogP contribution in [0.1, 0.15) is 5.01 Å². The van der Waals surface area contributed by atoms with Crippen LogP contribution in [0, 0.1) is 0 Å². The van der Waals surface area contributed by atoms with Gasteiger partial charge in [0.1, 0.15) is 5.01 Å². The van der Waals surface area contributed by atoms with Gasteiger partial charge in [0, 0.05) is 12.0 Å². The van der Waals surface area contributed by atoms with Crippen molar-refractivity contribution in [1.82, 2.24) is 4.98 Å². The van der Waals surface area contributed by atoms with Gasteiger partial charge >= 0.3 is 0 Å². The zero-order chi connectivity index (χ0) is 16.4. The van der Waals surface area contributed by atoms with Crippen LogP contribution in [-0.2, 0) is 11.2 Å². The number of hydrogen-bond donors (Lipinski definition) is 0. The Hall–Kier alpha value is -2.24. The van der Waals surface area contributed by atoms with Crippen molar-refractivity contribution in [3.05, 3.63) is 65.7 Å². The maximum Gasteiger partial charge on any atom is 0.256 e. The Morgan fingerprint density at radius 2 is 1.58 bits per heavy atom. The molecular formula is C19H14N2OS2. The lowest BCUT2D eigenvalue weighted by Crippen LogP contribution is -1.94. The molecule has 0 bridgehead atoms. The average molecular weight is 350 g/mol. The highest BCUT2D eigenvalue weighted by atomic mass is 32.2. The summed E-state index contributed by atoms with van der Waals surface area (Å²) in [6.07, 6.45) is 0.633. The number of rotatable bonds is 4. The lowest BCUT2D eigenvalue weighted by atomic mass is 10.1. The van der Waals surface area contributed by atoms with Gasteiger partial charge in [-0.25, -0.2) is 9.98 Å². The summed E-state index contributed by atoms with van der Waals surface area (Å²) in [4.78, 5) is 21.4. The second-order valence-corrected chi connectivity index (χ2v) is 7.51. The number of carbonyl (C=O) groups is 1. The Bertz CT molecular complexity index is 845. The van der Waals surface area contributed by atoms with Gasteiger partial charge < -0.3 is 0 Å². The zero-order valence-electron chi connectivity index (χ0n) is 12.8. The first-order valence-corrected chi connectivity index (χ1v) is 9.43. The summed E-state index contributed by atoms with van der Waals surface area (Å²) in [5.74, 6) is 0.413. The van der Waals surface area contributed by atoms with Gasteiger partial charge in [-0.3, -0.25) is 4.79 Å². The van der Waals surface area contributed by atoms with Crippen LogP contribution in [0.3, 0.4) is 0 Å². The van der Waals surface area contributed by atoms with Crippen molar-refractivity contribution in [2.45, 2.75) is 6.42 Å². The van der Waals surface area contributed by atoms with Crippen LogP contribution in [-0.4, -0.2) is 21.7 Å². The lowest BCUT2D eigenvalue weighted by Gasteiger charge is -2.02. The molecule has 0 fully saturated rings. The number of carbonyl (C=O) groups excluding carboxylic acids is 1. The fraction of sp³-hybridized carbons (Fsp3) is 0.105. The average Bonchev–Trinajstić information content (AvgIpc) is 3.23. The minimum Gasteiger partial charge on any atom is -0.272 e. The Labute approximate surface area is 148 Å². The van der Waals surface area contributed by atoms with Gasteiger partial charge in [-0.1, -0.05) is 60.7 Å². The summed E-state index contributed by atoms with van der Waals surface area (Å²) in [6, 6.07) is 20.5. The molecule has 0 saturated heterocycles. The summed E-state index contributed by atoms with van der Waals surface area (Å²) in [7, 11) is 0. The molecule has 4 rings (SSSR count). The molecule has 24 heavy (non-hydrogen) atoms. The summed E-state index contributed by atoms with van der Waals surface area (Å²) < 4.78 is 0. The van der Waals surface area contributed by atoms with Gasteiger partial charge in [0.15, 0.2) is 0 Å². The highest BCUT2D eigenvalue weighted by Crippen LogP contribution is 2.37. The predicted molar refractivity (Wildman–Crippen MR) is 102 cm³/mol. The highest BCUT2D eigenvalue weighted by molar-refractivity contribution is 8.15. The first kappa shape index (κ1) is 15.3. The second kappa shape index (κ2) is 6.71. The van der Waals surface area contributed by atoms with Gasteiger partial charge in [-0.15, -0.1) is 23.1 Å². The van der Waals surface area contributed by atoms with Crippen LogP contribution in [0.5, 0.6) is 0 Å². The molecule has 0 aliphatic carbocycles. The van der Waals surface area contributed by atoms with Crippen LogP contribution in [0.25, 0.3) is 21.7 Å². The van der Waals surface area contributed by atoms with Crippen LogP contribution in [0.15, 0.2) is 65.7 Å². The van der Waals surface area contributed by atoms with Crippen LogP contribution in [0.2, 0.25) is 0 Å². The number of thioether (sulfide) groups is 1. The number of hydrogen-bond acceptors (Lipinski definition) is 4. The molecule has 1 aromatic heterocycles. The number of aromatic nitrogens is 1. The summed E-state index contributed by atoms with van der Waals surface area (Å²) in [5, 5.41) is 1.86. The summed E-state index contributed by atoms with van der Waals surface area (Å²) >= 11 is 3.20. The van der Waals surface area contributed by atoms with Crippen molar-refractivity contribution >= 4 is 34.0 Å². The van der Waals surface area contributed by atoms with Gasteiger partial charge in [0.25, 0.3) is 5.91 Å². The van der Waals surface area contributed by atoms with Crippen molar-refractivity contribution in [3.8, 4) is 21.7 Å². The SMILES string of the molecule is O=C1CSC(Cc2nc(-c3ccccc3)c(-c3ccccc3)s2)=N1. The molecule has 5 heteroatoms. The van der Waals surface area contributed by atoms with Crippen molar-refractivity contribution in [3.63, 3.8) is 0 Å². The van der Waals surface area contributed by atoms with E-state index in [0.717, 1.165) is 31.7 Å². The number of nitrogens with zero attached hydrogens (tertiary/aromatic N) is 2. The Kier molecular flexibility index (Phi) is 4.28. The Morgan fingerprint density at radius 3 is 2.21 bits per heavy atom. The molecule has 1 aliphatic rings. The lowest BCUT2D eigenvalue weighted by molar-refractivity contribution is -0.115. The minimum atomic E-state index is -0.0434. The number of aliphatic imine (C=N–C) groups is 1. The molecule has 2 aromatic carbocycles. The van der Waals surface area contributed by atoms with Crippen molar-refractivity contribution in [1.29, 1.82) is 0 Å². The van der Waals surface area contributed by atoms with Crippen LogP contribution < -0.4 is 0 Å². The first-order chi connectivity index (χ1) is 11.8. The van der Waals surface area contributed by atoms with Gasteiger partial charge in [0.05, 0.1) is 21.4 Å². The van der Waals surface area contributed by atoms with Crippen LogP contribution >= 0.6 is 23.1 Å². The number of amides is 1. The molecule has 1 amide bonds. The van der Waals surface area contributed by atoms with E-state index < -0.39 is 0 Å². The van der Waals surface area contributed by atoms with E-state index in [1.54, 1.807) is 11.3 Å². The Morgan fingerprint density at radius 1 is 0.917 bits per heavy atom. The van der Waals surface area contributed by atoms with E-state index >= 15 is 0 Å². The monoisotopic (exact) mass is 350 g/mol. The molecule has 0 radical (unpaired) electrons. The van der Waals surface area contributed by atoms with Gasteiger partial charge in [0.2, 0.25) is 0 Å². The second-order valence-electron chi connectivity index (χ2n) is 5.38. The van der Waals surface area contributed by atoms with E-state index in [2.05, 4.69) is 29.3 Å². The molecule has 1 aliphatic heterocycles. The van der Waals surface area contributed by atoms with E-state index in [0.29, 0.717) is 12.2 Å². The van der Waals surface area contributed by atoms with Gasteiger partial charge in [-0.05, 0) is 5.56 Å². The Balaban J connectivity index is 1.76. The predicted octanol–water partition coefficient (Wildman–Crippen LogP) is 4.69. The molecular weight excluding hydrogens is 336 g/mol. The summed E-state index contributed by atoms with van der Waals surface area (Å²) in [5.41, 5.74) is 3.27. The van der Waals surface area contributed by atoms with E-state index in [-0.39, 0.29) is 5.91 Å². The number of benzene rings is 2. The number of thiazole rings is 1.